The molecule has 0 saturated heterocycles. The van der Waals surface area contributed by atoms with Crippen LogP contribution in [0.5, 0.6) is 5.75 Å². The summed E-state index contributed by atoms with van der Waals surface area (Å²) in [6, 6.07) is 10.7. The number of carbonyl (C=O) groups is 1. The molecule has 0 fully saturated rings. The van der Waals surface area contributed by atoms with Crippen LogP contribution in [0.2, 0.25) is 0 Å². The fourth-order valence-electron chi connectivity index (χ4n) is 3.87. The largest absolute Gasteiger partial charge is 0.489 e. The Morgan fingerprint density at radius 3 is 2.70 bits per heavy atom. The summed E-state index contributed by atoms with van der Waals surface area (Å²) < 4.78 is 24.1. The van der Waals surface area contributed by atoms with Crippen LogP contribution in [0.25, 0.3) is 0 Å². The van der Waals surface area contributed by atoms with Crippen molar-refractivity contribution in [3.63, 3.8) is 0 Å². The van der Waals surface area contributed by atoms with Gasteiger partial charge in [0.05, 0.1) is 17.7 Å². The minimum Gasteiger partial charge on any atom is -0.489 e. The second kappa shape index (κ2) is 11.5. The van der Waals surface area contributed by atoms with Crippen LogP contribution < -0.4 is 9.64 Å². The van der Waals surface area contributed by atoms with Gasteiger partial charge >= 0.3 is 5.97 Å². The maximum absolute atomic E-state index is 13.7. The maximum atomic E-state index is 13.7. The summed E-state index contributed by atoms with van der Waals surface area (Å²) in [5.41, 5.74) is 2.08. The average molecular weight is 494 g/mol. The molecular weight excluding hydrogens is 461 g/mol. The first kappa shape index (κ1) is 25.7. The molecule has 1 heterocycles. The minimum absolute atomic E-state index is 0.0791. The van der Waals surface area contributed by atoms with E-state index in [2.05, 4.69) is 29.6 Å². The van der Waals surface area contributed by atoms with E-state index in [1.165, 1.54) is 31.0 Å². The summed E-state index contributed by atoms with van der Waals surface area (Å²) in [6.07, 6.45) is 4.01. The van der Waals surface area contributed by atoms with Crippen molar-refractivity contribution in [3.8, 4) is 5.75 Å². The second-order valence-corrected chi connectivity index (χ2v) is 10.5. The number of fused-ring (bicyclic) bond motifs is 1. The highest BCUT2D eigenvalue weighted by Crippen LogP contribution is 2.48. The van der Waals surface area contributed by atoms with Crippen molar-refractivity contribution in [3.05, 3.63) is 42.2 Å². The molecule has 5 nitrogen and oxygen atoms in total. The van der Waals surface area contributed by atoms with Crippen molar-refractivity contribution in [1.29, 1.82) is 0 Å². The van der Waals surface area contributed by atoms with Crippen LogP contribution in [0.1, 0.15) is 33.1 Å². The number of rotatable bonds is 9. The number of halogens is 1. The molecule has 0 radical (unpaired) electrons. The Balaban J connectivity index is 2.00. The normalized spacial score (nSPS) is 18.9. The zero-order chi connectivity index (χ0) is 24.0. The second-order valence-electron chi connectivity index (χ2n) is 8.59. The Morgan fingerprint density at radius 1 is 1.33 bits per heavy atom. The van der Waals surface area contributed by atoms with Crippen molar-refractivity contribution in [1.82, 2.24) is 0 Å². The fourth-order valence-corrected chi connectivity index (χ4v) is 5.67. The van der Waals surface area contributed by atoms with Crippen molar-refractivity contribution in [2.45, 2.75) is 49.0 Å². The molecule has 8 heteroatoms. The lowest BCUT2D eigenvalue weighted by molar-refractivity contribution is -0.151. The summed E-state index contributed by atoms with van der Waals surface area (Å²) >= 11 is 3.32. The molecule has 180 valence electrons. The van der Waals surface area contributed by atoms with Gasteiger partial charge in [-0.15, -0.1) is 23.5 Å². The van der Waals surface area contributed by atoms with Gasteiger partial charge in [-0.25, -0.2) is 9.18 Å². The molecule has 0 aliphatic carbocycles. The molecule has 3 rings (SSSR count). The van der Waals surface area contributed by atoms with Crippen LogP contribution >= 0.6 is 23.5 Å². The van der Waals surface area contributed by atoms with E-state index in [4.69, 9.17) is 4.74 Å². The fraction of sp³-hybridized carbons (Fsp3) is 0.480. The number of ether oxygens (including phenoxy) is 2. The molecule has 0 aromatic heterocycles. The number of methoxy groups -OCH3 is 1. The minimum atomic E-state index is -1.34. The van der Waals surface area contributed by atoms with Crippen LogP contribution in [-0.4, -0.2) is 49.4 Å². The first-order chi connectivity index (χ1) is 15.8. The lowest BCUT2D eigenvalue weighted by Crippen LogP contribution is -2.33. The summed E-state index contributed by atoms with van der Waals surface area (Å²) in [6.45, 7) is 5.17. The van der Waals surface area contributed by atoms with Crippen LogP contribution in [0.4, 0.5) is 15.8 Å². The number of hydrogen-bond donors (Lipinski definition) is 1. The molecule has 0 amide bonds. The van der Waals surface area contributed by atoms with E-state index >= 15 is 0 Å². The molecule has 1 aliphatic heterocycles. The smallest absolute Gasteiger partial charge is 0.338 e. The molecule has 1 aliphatic rings. The van der Waals surface area contributed by atoms with Gasteiger partial charge in [0.25, 0.3) is 0 Å². The molecule has 0 spiro atoms. The zero-order valence-electron chi connectivity index (χ0n) is 19.6. The number of esters is 1. The van der Waals surface area contributed by atoms with E-state index < -0.39 is 12.1 Å². The highest BCUT2D eigenvalue weighted by atomic mass is 32.2. The predicted octanol–water partition coefficient (Wildman–Crippen LogP) is 5.90. The summed E-state index contributed by atoms with van der Waals surface area (Å²) in [5.74, 6) is 0.585. The van der Waals surface area contributed by atoms with Gasteiger partial charge in [-0.2, -0.15) is 0 Å². The van der Waals surface area contributed by atoms with E-state index in [9.17, 15) is 14.3 Å². The molecule has 2 aromatic carbocycles. The first-order valence-corrected chi connectivity index (χ1v) is 13.3. The highest BCUT2D eigenvalue weighted by molar-refractivity contribution is 7.99. The Hall–Kier alpha value is -1.90. The van der Waals surface area contributed by atoms with Crippen LogP contribution in [0.3, 0.4) is 0 Å². The first-order valence-electron chi connectivity index (χ1n) is 11.1. The van der Waals surface area contributed by atoms with Crippen molar-refractivity contribution in [2.24, 2.45) is 5.41 Å². The molecule has 2 unspecified atom stereocenters. The summed E-state index contributed by atoms with van der Waals surface area (Å²) in [7, 11) is 1.23. The number of nitrogens with zero attached hydrogens (tertiary/aromatic N) is 1. The van der Waals surface area contributed by atoms with Gasteiger partial charge in [-0.05, 0) is 54.5 Å². The van der Waals surface area contributed by atoms with E-state index in [-0.39, 0.29) is 17.8 Å². The van der Waals surface area contributed by atoms with Crippen LogP contribution in [-0.2, 0) is 9.53 Å². The van der Waals surface area contributed by atoms with Gasteiger partial charge in [0.2, 0.25) is 0 Å². The average Bonchev–Trinajstić information content (AvgIpc) is 2.97. The highest BCUT2D eigenvalue weighted by Gasteiger charge is 2.33. The number of anilines is 2. The monoisotopic (exact) mass is 493 g/mol. The molecule has 2 aromatic rings. The van der Waals surface area contributed by atoms with Crippen LogP contribution in [0.15, 0.2) is 46.2 Å². The van der Waals surface area contributed by atoms with Gasteiger partial charge in [-0.1, -0.05) is 26.7 Å². The summed E-state index contributed by atoms with van der Waals surface area (Å²) in [4.78, 5) is 15.8. The molecular formula is C25H32FNO4S2. The quantitative estimate of drug-likeness (QED) is 0.345. The van der Waals surface area contributed by atoms with Gasteiger partial charge in [0.1, 0.15) is 18.2 Å². The third-order valence-corrected chi connectivity index (χ3v) is 8.03. The number of aliphatic hydroxyl groups excluding tert-OH is 1. The van der Waals surface area contributed by atoms with Crippen molar-refractivity contribution < 1.29 is 23.8 Å². The van der Waals surface area contributed by atoms with Crippen molar-refractivity contribution in [2.75, 3.05) is 37.2 Å². The molecule has 1 N–H and O–H groups in total. The maximum Gasteiger partial charge on any atom is 0.338 e. The van der Waals surface area contributed by atoms with E-state index in [0.717, 1.165) is 52.7 Å². The lowest BCUT2D eigenvalue weighted by atomic mass is 9.86. The van der Waals surface area contributed by atoms with Crippen molar-refractivity contribution >= 4 is 40.9 Å². The van der Waals surface area contributed by atoms with Crippen LogP contribution in [0, 0.1) is 11.2 Å². The lowest BCUT2D eigenvalue weighted by Gasteiger charge is -2.34. The van der Waals surface area contributed by atoms with Gasteiger partial charge in [0.15, 0.2) is 6.10 Å². The third kappa shape index (κ3) is 6.37. The number of carbonyl (C=O) groups excluding carboxylic acids is 1. The van der Waals surface area contributed by atoms with E-state index in [1.807, 2.05) is 24.5 Å². The van der Waals surface area contributed by atoms with Gasteiger partial charge in [-0.3, -0.25) is 0 Å². The molecule has 2 atom stereocenters. The SMILES string of the molecule is CCCCC1(C)CSc2cc(OCC(O)C(=O)OC)c(SC)cc2N(c2ccc(F)cc2)C1. The van der Waals surface area contributed by atoms with E-state index in [1.54, 1.807) is 11.8 Å². The molecule has 0 bridgehead atoms. The Labute approximate surface area is 204 Å². The number of hydrogen-bond acceptors (Lipinski definition) is 7. The molecule has 33 heavy (non-hydrogen) atoms. The number of unbranched alkanes of at least 4 members (excludes halogenated alkanes) is 1. The van der Waals surface area contributed by atoms with Gasteiger partial charge in [0, 0.05) is 22.9 Å². The Kier molecular flexibility index (Phi) is 8.95. The Morgan fingerprint density at radius 2 is 2.06 bits per heavy atom. The number of thioether (sulfide) groups is 2. The third-order valence-electron chi connectivity index (χ3n) is 5.79. The predicted molar refractivity (Wildman–Crippen MR) is 134 cm³/mol. The topological polar surface area (TPSA) is 59.0 Å². The zero-order valence-corrected chi connectivity index (χ0v) is 21.2. The van der Waals surface area contributed by atoms with Gasteiger partial charge < -0.3 is 19.5 Å². The number of benzene rings is 2. The number of aliphatic hydroxyl groups is 1. The van der Waals surface area contributed by atoms with E-state index in [0.29, 0.717) is 5.75 Å². The summed E-state index contributed by atoms with van der Waals surface area (Å²) in [5, 5.41) is 9.94. The standard InChI is InChI=1S/C25H32FNO4S2/c1-5-6-11-25(2)15-27(18-9-7-17(26)8-10-18)19-12-23(32-4)21(13-22(19)33-16-25)31-14-20(28)24(29)30-3/h7-10,12-13,20,28H,5-6,11,14-16H2,1-4H3. The molecule has 0 saturated carbocycles. The Bertz CT molecular complexity index is 956.